The van der Waals surface area contributed by atoms with Crippen LogP contribution in [-0.4, -0.2) is 39.8 Å². The van der Waals surface area contributed by atoms with Crippen molar-refractivity contribution in [1.82, 2.24) is 14.7 Å². The van der Waals surface area contributed by atoms with Crippen molar-refractivity contribution in [1.29, 1.82) is 0 Å². The summed E-state index contributed by atoms with van der Waals surface area (Å²) in [4.78, 5) is 39.3. The fourth-order valence-electron chi connectivity index (χ4n) is 3.28. The molecule has 0 spiro atoms. The molecule has 4 N–H and O–H groups in total. The summed E-state index contributed by atoms with van der Waals surface area (Å²) >= 11 is 0. The minimum absolute atomic E-state index is 0.0147. The van der Waals surface area contributed by atoms with Gasteiger partial charge >= 0.3 is 0 Å². The van der Waals surface area contributed by atoms with Crippen molar-refractivity contribution in [3.8, 4) is 5.75 Å². The molecule has 3 rings (SSSR count). The maximum Gasteiger partial charge on any atom is 0.290 e. The van der Waals surface area contributed by atoms with Crippen molar-refractivity contribution in [2.45, 2.75) is 26.3 Å². The van der Waals surface area contributed by atoms with E-state index in [0.29, 0.717) is 12.2 Å². The van der Waals surface area contributed by atoms with Crippen LogP contribution < -0.4 is 21.8 Å². The van der Waals surface area contributed by atoms with Gasteiger partial charge in [0.25, 0.3) is 17.0 Å². The molecule has 1 atom stereocenters. The molecule has 2 aromatic heterocycles. The number of anilines is 3. The highest BCUT2D eigenvalue weighted by molar-refractivity contribution is 5.98. The number of nitrogens with one attached hydrogen (secondary N) is 3. The van der Waals surface area contributed by atoms with Crippen LogP contribution in [0.2, 0.25) is 0 Å². The molecule has 0 fully saturated rings. The quantitative estimate of drug-likeness (QED) is 0.414. The number of carbonyl (C=O) groups excluding carboxylic acids is 1. The molecule has 1 aromatic carbocycles. The van der Waals surface area contributed by atoms with Gasteiger partial charge in [-0.05, 0) is 37.6 Å². The molecular formula is C22H27N5O5. The summed E-state index contributed by atoms with van der Waals surface area (Å²) in [5, 5.41) is 19.0. The van der Waals surface area contributed by atoms with Gasteiger partial charge in [-0.3, -0.25) is 24.2 Å². The highest BCUT2D eigenvalue weighted by Crippen LogP contribution is 2.32. The van der Waals surface area contributed by atoms with E-state index in [-0.39, 0.29) is 34.4 Å². The molecule has 0 radical (unpaired) electrons. The molecule has 10 nitrogen and oxygen atoms in total. The average molecular weight is 441 g/mol. The Labute approximate surface area is 184 Å². The number of aromatic amines is 1. The Morgan fingerprint density at radius 2 is 1.94 bits per heavy atom. The normalized spacial score (nSPS) is 11.8. The van der Waals surface area contributed by atoms with Crippen LogP contribution in [0.5, 0.6) is 5.75 Å². The number of H-pyrrole nitrogens is 1. The second kappa shape index (κ2) is 9.04. The molecule has 0 aliphatic rings. The van der Waals surface area contributed by atoms with Crippen LogP contribution in [0, 0.1) is 6.92 Å². The first-order valence-electron chi connectivity index (χ1n) is 10.1. The number of para-hydroxylation sites is 1. The molecule has 2 heterocycles. The fraction of sp³-hybridized carbons (Fsp3) is 0.318. The summed E-state index contributed by atoms with van der Waals surface area (Å²) in [5.74, 6) is 0.622. The van der Waals surface area contributed by atoms with E-state index in [1.54, 1.807) is 20.2 Å². The minimum Gasteiger partial charge on any atom is -0.505 e. The second-order valence-electron chi connectivity index (χ2n) is 7.64. The predicted molar refractivity (Wildman–Crippen MR) is 122 cm³/mol. The summed E-state index contributed by atoms with van der Waals surface area (Å²) in [7, 11) is 4.57. The monoisotopic (exact) mass is 441 g/mol. The first kappa shape index (κ1) is 22.7. The lowest BCUT2D eigenvalue weighted by atomic mass is 10.1. The molecular weight excluding hydrogens is 414 g/mol. The maximum absolute atomic E-state index is 12.9. The van der Waals surface area contributed by atoms with E-state index in [1.165, 1.54) is 24.1 Å². The smallest absolute Gasteiger partial charge is 0.290 e. The van der Waals surface area contributed by atoms with Gasteiger partial charge < -0.3 is 25.1 Å². The SMILES string of the molecule is CC[C@H](Nc1c(Nc2cccc(C(=O)N(C)C)c2O)c(=O)[nH]n(C)c1=O)c1ccc(C)o1. The molecule has 3 aromatic rings. The predicted octanol–water partition coefficient (Wildman–Crippen LogP) is 2.69. The number of furan rings is 1. The van der Waals surface area contributed by atoms with E-state index in [2.05, 4.69) is 15.7 Å². The van der Waals surface area contributed by atoms with Crippen molar-refractivity contribution in [3.05, 3.63) is 68.1 Å². The highest BCUT2D eigenvalue weighted by Gasteiger charge is 2.22. The van der Waals surface area contributed by atoms with Crippen molar-refractivity contribution in [2.24, 2.45) is 7.05 Å². The number of aryl methyl sites for hydroxylation is 2. The molecule has 0 saturated carbocycles. The first-order chi connectivity index (χ1) is 15.1. The Kier molecular flexibility index (Phi) is 6.42. The molecule has 0 saturated heterocycles. The number of hydrogen-bond acceptors (Lipinski definition) is 7. The van der Waals surface area contributed by atoms with Gasteiger partial charge in [0.1, 0.15) is 22.9 Å². The largest absolute Gasteiger partial charge is 0.505 e. The number of phenols is 1. The van der Waals surface area contributed by atoms with Gasteiger partial charge in [-0.1, -0.05) is 13.0 Å². The molecule has 0 unspecified atom stereocenters. The Hall–Kier alpha value is -3.95. The average Bonchev–Trinajstić information content (AvgIpc) is 3.18. The van der Waals surface area contributed by atoms with Crippen LogP contribution in [0.4, 0.5) is 17.1 Å². The van der Waals surface area contributed by atoms with Crippen molar-refractivity contribution in [3.63, 3.8) is 0 Å². The zero-order valence-corrected chi connectivity index (χ0v) is 18.6. The van der Waals surface area contributed by atoms with E-state index < -0.39 is 17.0 Å². The molecule has 0 bridgehead atoms. The molecule has 0 aliphatic carbocycles. The van der Waals surface area contributed by atoms with Gasteiger partial charge in [-0.15, -0.1) is 0 Å². The molecule has 1 amide bonds. The molecule has 10 heteroatoms. The van der Waals surface area contributed by atoms with E-state index in [0.717, 1.165) is 10.4 Å². The number of phenolic OH excluding ortho intramolecular Hbond substituents is 1. The van der Waals surface area contributed by atoms with Crippen LogP contribution in [0.15, 0.2) is 44.3 Å². The fourth-order valence-corrected chi connectivity index (χ4v) is 3.28. The lowest BCUT2D eigenvalue weighted by Gasteiger charge is -2.20. The maximum atomic E-state index is 12.9. The van der Waals surface area contributed by atoms with Gasteiger partial charge in [-0.2, -0.15) is 0 Å². The number of benzene rings is 1. The molecule has 32 heavy (non-hydrogen) atoms. The zero-order valence-electron chi connectivity index (χ0n) is 18.6. The number of hydrogen-bond donors (Lipinski definition) is 4. The summed E-state index contributed by atoms with van der Waals surface area (Å²) in [6.07, 6.45) is 0.584. The summed E-state index contributed by atoms with van der Waals surface area (Å²) < 4.78 is 6.76. The number of carbonyl (C=O) groups is 1. The standard InChI is InChI=1S/C22H27N5O5/c1-6-14(16-11-10-12(2)32-16)23-18-17(20(29)25-27(5)22(18)31)24-15-9-7-8-13(19(15)28)21(30)26(3)4/h7-11,14,23-24,28H,6H2,1-5H3,(H,25,29)/t14-/m0/s1. The third-order valence-corrected chi connectivity index (χ3v) is 5.03. The van der Waals surface area contributed by atoms with Crippen molar-refractivity contribution in [2.75, 3.05) is 24.7 Å². The number of nitrogens with zero attached hydrogens (tertiary/aromatic N) is 2. The topological polar surface area (TPSA) is 133 Å². The summed E-state index contributed by atoms with van der Waals surface area (Å²) in [6.45, 7) is 3.74. The Morgan fingerprint density at radius 1 is 1.22 bits per heavy atom. The highest BCUT2D eigenvalue weighted by atomic mass is 16.3. The summed E-state index contributed by atoms with van der Waals surface area (Å²) in [6, 6.07) is 7.82. The number of aromatic nitrogens is 2. The third-order valence-electron chi connectivity index (χ3n) is 5.03. The van der Waals surface area contributed by atoms with Crippen LogP contribution in [0.3, 0.4) is 0 Å². The zero-order chi connectivity index (χ0) is 23.6. The Balaban J connectivity index is 2.08. The number of amides is 1. The van der Waals surface area contributed by atoms with Gasteiger partial charge in [0.2, 0.25) is 0 Å². The van der Waals surface area contributed by atoms with Crippen molar-refractivity contribution < 1.29 is 14.3 Å². The van der Waals surface area contributed by atoms with Gasteiger partial charge in [0.05, 0.1) is 17.3 Å². The Morgan fingerprint density at radius 3 is 2.53 bits per heavy atom. The summed E-state index contributed by atoms with van der Waals surface area (Å²) in [5.41, 5.74) is -0.952. The third kappa shape index (κ3) is 4.39. The number of rotatable bonds is 7. The van der Waals surface area contributed by atoms with Gasteiger partial charge in [0, 0.05) is 21.1 Å². The van der Waals surface area contributed by atoms with Crippen LogP contribution in [0.25, 0.3) is 0 Å². The van der Waals surface area contributed by atoms with Crippen LogP contribution >= 0.6 is 0 Å². The molecule has 170 valence electrons. The minimum atomic E-state index is -0.580. The van der Waals surface area contributed by atoms with Crippen LogP contribution in [0.1, 0.15) is 41.3 Å². The van der Waals surface area contributed by atoms with Crippen LogP contribution in [-0.2, 0) is 7.05 Å². The lowest BCUT2D eigenvalue weighted by Crippen LogP contribution is -2.32. The Bertz CT molecular complexity index is 1250. The lowest BCUT2D eigenvalue weighted by molar-refractivity contribution is 0.0824. The van der Waals surface area contributed by atoms with Gasteiger partial charge in [-0.25, -0.2) is 0 Å². The van der Waals surface area contributed by atoms with E-state index in [4.69, 9.17) is 4.42 Å². The van der Waals surface area contributed by atoms with Crippen molar-refractivity contribution >= 4 is 23.0 Å². The second-order valence-corrected chi connectivity index (χ2v) is 7.64. The van der Waals surface area contributed by atoms with E-state index in [1.807, 2.05) is 26.0 Å². The van der Waals surface area contributed by atoms with Gasteiger partial charge in [0.15, 0.2) is 5.75 Å². The molecule has 0 aliphatic heterocycles. The first-order valence-corrected chi connectivity index (χ1v) is 10.1. The van der Waals surface area contributed by atoms with E-state index >= 15 is 0 Å². The van der Waals surface area contributed by atoms with E-state index in [9.17, 15) is 19.5 Å². The number of aromatic hydroxyl groups is 1.